The fraction of sp³-hybridized carbons (Fsp3) is 0.526. The Morgan fingerprint density at radius 1 is 1.17 bits per heavy atom. The van der Waals surface area contributed by atoms with E-state index < -0.39 is 0 Å². The van der Waals surface area contributed by atoms with Crippen LogP contribution in [0.15, 0.2) is 24.4 Å². The summed E-state index contributed by atoms with van der Waals surface area (Å²) in [5, 5.41) is 8.18. The maximum atomic E-state index is 5.81. The monoisotopic (exact) mass is 329 g/mol. The number of benzene rings is 1. The molecule has 1 aliphatic heterocycles. The lowest BCUT2D eigenvalue weighted by atomic mass is 9.97. The largest absolute Gasteiger partial charge is 0.490 e. The molecule has 2 heterocycles. The van der Waals surface area contributed by atoms with Crippen LogP contribution in [0.25, 0.3) is 11.3 Å². The number of nitrogens with one attached hydrogen (secondary N) is 1. The van der Waals surface area contributed by atoms with Crippen LogP contribution >= 0.6 is 0 Å². The third kappa shape index (κ3) is 4.09. The first-order chi connectivity index (χ1) is 11.4. The van der Waals surface area contributed by atoms with E-state index >= 15 is 0 Å². The number of rotatable bonds is 4. The van der Waals surface area contributed by atoms with Crippen molar-refractivity contribution < 1.29 is 9.47 Å². The maximum Gasteiger partial charge on any atom is 0.161 e. The van der Waals surface area contributed by atoms with Crippen molar-refractivity contribution in [3.8, 4) is 22.8 Å². The van der Waals surface area contributed by atoms with E-state index in [-0.39, 0.29) is 5.41 Å². The van der Waals surface area contributed by atoms with E-state index in [4.69, 9.17) is 9.47 Å². The Kier molecular flexibility index (Phi) is 4.81. The Labute approximate surface area is 144 Å². The Hall–Kier alpha value is -2.01. The van der Waals surface area contributed by atoms with Crippen molar-refractivity contribution in [3.63, 3.8) is 0 Å². The van der Waals surface area contributed by atoms with Crippen molar-refractivity contribution in [1.82, 2.24) is 15.1 Å². The summed E-state index contributed by atoms with van der Waals surface area (Å²) in [6, 6.07) is 6.08. The Morgan fingerprint density at radius 2 is 1.92 bits per heavy atom. The first-order valence-corrected chi connectivity index (χ1v) is 8.56. The third-order valence-electron chi connectivity index (χ3n) is 3.90. The second-order valence-corrected chi connectivity index (χ2v) is 7.55. The molecule has 1 N–H and O–H groups in total. The topological polar surface area (TPSA) is 48.3 Å². The molecule has 0 saturated carbocycles. The molecule has 0 saturated heterocycles. The molecular formula is C19H27N3O2. The van der Waals surface area contributed by atoms with E-state index in [1.165, 1.54) is 5.56 Å². The van der Waals surface area contributed by atoms with Crippen LogP contribution in [0, 0.1) is 5.41 Å². The summed E-state index contributed by atoms with van der Waals surface area (Å²) in [4.78, 5) is 0. The van der Waals surface area contributed by atoms with E-state index in [2.05, 4.69) is 43.4 Å². The molecular weight excluding hydrogens is 302 g/mol. The molecule has 0 amide bonds. The second kappa shape index (κ2) is 6.85. The summed E-state index contributed by atoms with van der Waals surface area (Å²) in [5.41, 5.74) is 3.51. The molecule has 0 fully saturated rings. The number of aromatic nitrogens is 2. The maximum absolute atomic E-state index is 5.81. The van der Waals surface area contributed by atoms with Gasteiger partial charge in [-0.3, -0.25) is 4.68 Å². The summed E-state index contributed by atoms with van der Waals surface area (Å²) < 4.78 is 13.4. The molecule has 0 aliphatic carbocycles. The standard InChI is InChI=1S/C19H27N3O2/c1-19(2,3)13-20-11-15-12-22(4)21-18(15)14-6-7-16-17(10-14)24-9-5-8-23-16/h6-7,10,12,20H,5,8-9,11,13H2,1-4H3. The molecule has 5 nitrogen and oxygen atoms in total. The van der Waals surface area contributed by atoms with Crippen LogP contribution in [-0.2, 0) is 13.6 Å². The van der Waals surface area contributed by atoms with Gasteiger partial charge < -0.3 is 14.8 Å². The van der Waals surface area contributed by atoms with Gasteiger partial charge in [-0.1, -0.05) is 20.8 Å². The van der Waals surface area contributed by atoms with Crippen LogP contribution in [0.3, 0.4) is 0 Å². The molecule has 130 valence electrons. The number of nitrogens with zero attached hydrogens (tertiary/aromatic N) is 2. The molecule has 1 aromatic carbocycles. The number of fused-ring (bicyclic) bond motifs is 1. The Balaban J connectivity index is 1.83. The van der Waals surface area contributed by atoms with Gasteiger partial charge in [0.05, 0.1) is 18.9 Å². The van der Waals surface area contributed by atoms with Crippen LogP contribution in [0.5, 0.6) is 11.5 Å². The SMILES string of the molecule is Cn1cc(CNCC(C)(C)C)c(-c2ccc3c(c2)OCCCO3)n1. The Morgan fingerprint density at radius 3 is 2.67 bits per heavy atom. The number of hydrogen-bond acceptors (Lipinski definition) is 4. The van der Waals surface area contributed by atoms with E-state index in [0.29, 0.717) is 13.2 Å². The second-order valence-electron chi connectivity index (χ2n) is 7.55. The molecule has 0 atom stereocenters. The van der Waals surface area contributed by atoms with Gasteiger partial charge in [0.2, 0.25) is 0 Å². The highest BCUT2D eigenvalue weighted by Gasteiger charge is 2.16. The van der Waals surface area contributed by atoms with Crippen LogP contribution < -0.4 is 14.8 Å². The van der Waals surface area contributed by atoms with Crippen molar-refractivity contribution in [2.45, 2.75) is 33.7 Å². The third-order valence-corrected chi connectivity index (χ3v) is 3.90. The first-order valence-electron chi connectivity index (χ1n) is 8.56. The lowest BCUT2D eigenvalue weighted by Gasteiger charge is -2.18. The highest BCUT2D eigenvalue weighted by molar-refractivity contribution is 5.66. The Bertz CT molecular complexity index is 701. The van der Waals surface area contributed by atoms with Crippen LogP contribution in [0.1, 0.15) is 32.8 Å². The summed E-state index contributed by atoms with van der Waals surface area (Å²) in [6.45, 7) is 9.85. The molecule has 1 aliphatic rings. The van der Waals surface area contributed by atoms with Gasteiger partial charge in [-0.05, 0) is 23.6 Å². The predicted molar refractivity (Wildman–Crippen MR) is 95.4 cm³/mol. The van der Waals surface area contributed by atoms with Gasteiger partial charge in [-0.15, -0.1) is 0 Å². The lowest BCUT2D eigenvalue weighted by Crippen LogP contribution is -2.26. The highest BCUT2D eigenvalue weighted by atomic mass is 16.5. The van der Waals surface area contributed by atoms with Gasteiger partial charge in [0.15, 0.2) is 11.5 Å². The van der Waals surface area contributed by atoms with Gasteiger partial charge in [0, 0.05) is 43.9 Å². The van der Waals surface area contributed by atoms with Crippen LogP contribution in [-0.4, -0.2) is 29.5 Å². The molecule has 0 radical (unpaired) electrons. The predicted octanol–water partition coefficient (Wildman–Crippen LogP) is 3.38. The number of hydrogen-bond donors (Lipinski definition) is 1. The van der Waals surface area contributed by atoms with Gasteiger partial charge >= 0.3 is 0 Å². The first kappa shape index (κ1) is 16.8. The van der Waals surface area contributed by atoms with Crippen molar-refractivity contribution in [1.29, 1.82) is 0 Å². The van der Waals surface area contributed by atoms with Crippen molar-refractivity contribution in [2.24, 2.45) is 12.5 Å². The minimum Gasteiger partial charge on any atom is -0.490 e. The minimum absolute atomic E-state index is 0.262. The van der Waals surface area contributed by atoms with E-state index in [0.717, 1.165) is 42.3 Å². The van der Waals surface area contributed by atoms with Crippen LogP contribution in [0.4, 0.5) is 0 Å². The van der Waals surface area contributed by atoms with Crippen LogP contribution in [0.2, 0.25) is 0 Å². The zero-order chi connectivity index (χ0) is 17.2. The molecule has 24 heavy (non-hydrogen) atoms. The highest BCUT2D eigenvalue weighted by Crippen LogP contribution is 2.34. The molecule has 2 aromatic rings. The average Bonchev–Trinajstić information content (AvgIpc) is 2.73. The molecule has 0 unspecified atom stereocenters. The quantitative estimate of drug-likeness (QED) is 0.934. The zero-order valence-electron chi connectivity index (χ0n) is 15.1. The van der Waals surface area contributed by atoms with E-state index in [9.17, 15) is 0 Å². The number of ether oxygens (including phenoxy) is 2. The summed E-state index contributed by atoms with van der Waals surface area (Å²) in [5.74, 6) is 1.63. The van der Waals surface area contributed by atoms with Gasteiger partial charge in [0.25, 0.3) is 0 Å². The summed E-state index contributed by atoms with van der Waals surface area (Å²) >= 11 is 0. The molecule has 3 rings (SSSR count). The normalized spacial score (nSPS) is 14.5. The zero-order valence-corrected chi connectivity index (χ0v) is 15.1. The fourth-order valence-electron chi connectivity index (χ4n) is 2.79. The lowest BCUT2D eigenvalue weighted by molar-refractivity contribution is 0.297. The van der Waals surface area contributed by atoms with Crippen molar-refractivity contribution in [2.75, 3.05) is 19.8 Å². The smallest absolute Gasteiger partial charge is 0.161 e. The molecule has 0 bridgehead atoms. The van der Waals surface area contributed by atoms with Gasteiger partial charge in [-0.25, -0.2) is 0 Å². The number of aryl methyl sites for hydroxylation is 1. The fourth-order valence-corrected chi connectivity index (χ4v) is 2.79. The van der Waals surface area contributed by atoms with E-state index in [1.54, 1.807) is 0 Å². The minimum atomic E-state index is 0.262. The summed E-state index contributed by atoms with van der Waals surface area (Å²) in [6.07, 6.45) is 2.99. The molecule has 5 heteroatoms. The van der Waals surface area contributed by atoms with Crippen molar-refractivity contribution >= 4 is 0 Å². The van der Waals surface area contributed by atoms with Gasteiger partial charge in [0.1, 0.15) is 0 Å². The van der Waals surface area contributed by atoms with E-state index in [1.807, 2.05) is 23.9 Å². The molecule has 1 aromatic heterocycles. The van der Waals surface area contributed by atoms with Crippen molar-refractivity contribution in [3.05, 3.63) is 30.0 Å². The summed E-state index contributed by atoms with van der Waals surface area (Å²) in [7, 11) is 1.96. The molecule has 0 spiro atoms. The average molecular weight is 329 g/mol. The van der Waals surface area contributed by atoms with Gasteiger partial charge in [-0.2, -0.15) is 5.10 Å².